The number of anilines is 3. The van der Waals surface area contributed by atoms with Crippen LogP contribution in [0.4, 0.5) is 26.0 Å². The maximum absolute atomic E-state index is 17.2. The van der Waals surface area contributed by atoms with Gasteiger partial charge >= 0.3 is 6.01 Å². The number of nitrogens with one attached hydrogen (secondary N) is 2. The standard InChI is InChI=1S/C58H66F2N10O5/c1-5-42-46(59)14-11-37-26-41(73)27-44(49(37)42)51-50(60)52-45(30-62-51)54(69-31-38-12-13-39(32-69)63-38)65-56(64-52)75-34-58(17-18-58)33-67-23-19-57(20-24-67)28-40(29-57)68-21-15-36(16-22-68)43-8-6-9-47(53(43)66(3)4)70(35-72)48(10-7-25-71)55(74)61-2/h1,6,8-9,11,14-15,25-27,30,35,38-40,48,63,73H,7,10,12-13,16-24,28-29,31-34H2,2-4H3,(H,61,74). The summed E-state index contributed by atoms with van der Waals surface area (Å²) in [5.74, 6) is 1.19. The number of benzene rings is 3. The van der Waals surface area contributed by atoms with Crippen molar-refractivity contribution >= 4 is 63.0 Å². The van der Waals surface area contributed by atoms with Crippen LogP contribution in [0.1, 0.15) is 81.8 Å². The highest BCUT2D eigenvalue weighted by Gasteiger charge is 2.50. The first-order valence-corrected chi connectivity index (χ1v) is 26.6. The number of carbonyl (C=O) groups is 3. The molecule has 17 heteroatoms. The number of amides is 2. The molecule has 11 rings (SSSR count). The van der Waals surface area contributed by atoms with Gasteiger partial charge in [-0.1, -0.05) is 30.2 Å². The van der Waals surface area contributed by atoms with Crippen LogP contribution in [0.25, 0.3) is 38.5 Å². The summed E-state index contributed by atoms with van der Waals surface area (Å²) in [6, 6.07) is 11.9. The molecule has 2 bridgehead atoms. The van der Waals surface area contributed by atoms with Crippen molar-refractivity contribution in [3.63, 3.8) is 0 Å². The van der Waals surface area contributed by atoms with Crippen LogP contribution in [-0.2, 0) is 14.4 Å². The molecule has 2 aliphatic carbocycles. The van der Waals surface area contributed by atoms with Crippen molar-refractivity contribution in [2.45, 2.75) is 94.8 Å². The zero-order valence-corrected chi connectivity index (χ0v) is 43.1. The lowest BCUT2D eigenvalue weighted by atomic mass is 9.60. The van der Waals surface area contributed by atoms with Gasteiger partial charge in [0.05, 0.1) is 28.9 Å². The number of ether oxygens (including phenoxy) is 1. The molecule has 5 fully saturated rings. The number of phenols is 1. The van der Waals surface area contributed by atoms with E-state index in [0.717, 1.165) is 95.2 Å². The van der Waals surface area contributed by atoms with Crippen LogP contribution in [0, 0.1) is 34.8 Å². The number of rotatable bonds is 17. The summed E-state index contributed by atoms with van der Waals surface area (Å²) in [5.41, 5.74) is 4.15. The predicted molar refractivity (Wildman–Crippen MR) is 287 cm³/mol. The zero-order valence-electron chi connectivity index (χ0n) is 43.1. The number of para-hydroxylation sites is 1. The lowest BCUT2D eigenvalue weighted by molar-refractivity contribution is -0.123. The number of aromatic nitrogens is 3. The van der Waals surface area contributed by atoms with E-state index >= 15 is 8.78 Å². The Kier molecular flexibility index (Phi) is 13.7. The van der Waals surface area contributed by atoms with Crippen molar-refractivity contribution in [2.75, 3.05) is 88.3 Å². The number of carbonyl (C=O) groups excluding carboxylic acids is 3. The van der Waals surface area contributed by atoms with Crippen molar-refractivity contribution in [3.05, 3.63) is 77.5 Å². The maximum Gasteiger partial charge on any atom is 0.319 e. The number of piperazine rings is 1. The molecule has 0 radical (unpaired) electrons. The summed E-state index contributed by atoms with van der Waals surface area (Å²) >= 11 is 0. The van der Waals surface area contributed by atoms with Gasteiger partial charge in [-0.3, -0.25) is 19.5 Å². The summed E-state index contributed by atoms with van der Waals surface area (Å²) < 4.78 is 38.8. The van der Waals surface area contributed by atoms with Crippen molar-refractivity contribution in [1.82, 2.24) is 35.4 Å². The monoisotopic (exact) mass is 1020 g/mol. The van der Waals surface area contributed by atoms with Crippen LogP contribution in [0.2, 0.25) is 0 Å². The third-order valence-electron chi connectivity index (χ3n) is 17.3. The summed E-state index contributed by atoms with van der Waals surface area (Å²) in [6.07, 6.45) is 21.3. The van der Waals surface area contributed by atoms with Crippen LogP contribution < -0.4 is 30.1 Å². The fraction of sp³-hybridized carbons (Fsp3) is 0.483. The molecule has 15 nitrogen and oxygen atoms in total. The number of hydrogen-bond acceptors (Lipinski definition) is 13. The number of piperidine rings is 1. The molecule has 2 saturated carbocycles. The molecule has 3 unspecified atom stereocenters. The highest BCUT2D eigenvalue weighted by atomic mass is 19.1. The molecular formula is C58H66F2N10O5. The molecule has 3 atom stereocenters. The Morgan fingerprint density at radius 3 is 2.48 bits per heavy atom. The number of halogens is 2. The fourth-order valence-corrected chi connectivity index (χ4v) is 13.1. The molecular weight excluding hydrogens is 955 g/mol. The Balaban J connectivity index is 0.746. The smallest absolute Gasteiger partial charge is 0.319 e. The minimum Gasteiger partial charge on any atom is -0.508 e. The quantitative estimate of drug-likeness (QED) is 0.0643. The van der Waals surface area contributed by atoms with Gasteiger partial charge in [0.25, 0.3) is 0 Å². The van der Waals surface area contributed by atoms with Gasteiger partial charge in [0.15, 0.2) is 5.82 Å². The van der Waals surface area contributed by atoms with E-state index in [0.29, 0.717) is 71.9 Å². The Bertz CT molecular complexity index is 3110. The molecule has 3 saturated heterocycles. The Labute approximate surface area is 436 Å². The molecule has 4 aliphatic heterocycles. The molecule has 2 aromatic heterocycles. The first-order chi connectivity index (χ1) is 36.3. The number of terminal acetylenes is 1. The van der Waals surface area contributed by atoms with Crippen LogP contribution in [0.15, 0.2) is 54.7 Å². The van der Waals surface area contributed by atoms with Gasteiger partial charge in [0, 0.05) is 107 Å². The number of nitrogens with zero attached hydrogens (tertiary/aromatic N) is 8. The van der Waals surface area contributed by atoms with Gasteiger partial charge in [-0.25, -0.2) is 8.78 Å². The minimum atomic E-state index is -0.808. The normalized spacial score (nSPS) is 21.5. The SMILES string of the molecule is C#Cc1c(F)ccc2cc(O)cc(-c3ncc4c(N5CC6CCC(C5)N6)nc(OCC5(CN6CCC7(CC6)CC(N6CC=C(c8cccc(N(C=O)C(CCC=O)C(=O)NC)c8N(C)C)CC6)C7)CC5)nc4c3F)c12. The lowest BCUT2D eigenvalue weighted by Gasteiger charge is -2.56. The van der Waals surface area contributed by atoms with Gasteiger partial charge in [0.1, 0.15) is 40.9 Å². The molecule has 1 spiro atoms. The number of hydrogen-bond donors (Lipinski definition) is 3. The maximum atomic E-state index is 17.2. The number of aldehydes is 1. The summed E-state index contributed by atoms with van der Waals surface area (Å²) in [7, 11) is 5.45. The van der Waals surface area contributed by atoms with Gasteiger partial charge < -0.3 is 44.9 Å². The Hall–Kier alpha value is -6.74. The highest BCUT2D eigenvalue weighted by Crippen LogP contribution is 2.53. The van der Waals surface area contributed by atoms with Gasteiger partial charge in [-0.15, -0.1) is 6.42 Å². The Morgan fingerprint density at radius 2 is 1.81 bits per heavy atom. The van der Waals surface area contributed by atoms with E-state index in [2.05, 4.69) is 48.4 Å². The highest BCUT2D eigenvalue weighted by molar-refractivity contribution is 6.03. The topological polar surface area (TPSA) is 160 Å². The molecule has 3 aromatic carbocycles. The third-order valence-corrected chi connectivity index (χ3v) is 17.3. The van der Waals surface area contributed by atoms with E-state index in [9.17, 15) is 19.5 Å². The number of pyridine rings is 1. The van der Waals surface area contributed by atoms with Gasteiger partial charge in [-0.05, 0) is 118 Å². The molecule has 392 valence electrons. The number of likely N-dealkylation sites (tertiary alicyclic amines) is 1. The van der Waals surface area contributed by atoms with Crippen LogP contribution >= 0.6 is 0 Å². The van der Waals surface area contributed by atoms with Crippen LogP contribution in [0.3, 0.4) is 0 Å². The summed E-state index contributed by atoms with van der Waals surface area (Å²) in [4.78, 5) is 62.0. The van der Waals surface area contributed by atoms with Crippen molar-refractivity contribution < 1.29 is 33.0 Å². The third kappa shape index (κ3) is 9.65. The average Bonchev–Trinajstić information content (AvgIpc) is 4.10. The largest absolute Gasteiger partial charge is 0.508 e. The van der Waals surface area contributed by atoms with E-state index in [4.69, 9.17) is 21.1 Å². The van der Waals surface area contributed by atoms with E-state index in [-0.39, 0.29) is 63.6 Å². The zero-order chi connectivity index (χ0) is 52.2. The van der Waals surface area contributed by atoms with Gasteiger partial charge in [0.2, 0.25) is 12.3 Å². The lowest BCUT2D eigenvalue weighted by Crippen LogP contribution is -2.56. The number of likely N-dealkylation sites (N-methyl/N-ethyl adjacent to an activating group) is 1. The van der Waals surface area contributed by atoms with Crippen molar-refractivity contribution in [1.29, 1.82) is 0 Å². The molecule has 3 N–H and O–H groups in total. The van der Waals surface area contributed by atoms with E-state index in [1.165, 1.54) is 47.6 Å². The second kappa shape index (κ2) is 20.4. The summed E-state index contributed by atoms with van der Waals surface area (Å²) in [6.45, 7) is 6.61. The first-order valence-electron chi connectivity index (χ1n) is 26.6. The molecule has 6 aliphatic rings. The van der Waals surface area contributed by atoms with E-state index < -0.39 is 17.7 Å². The Morgan fingerprint density at radius 1 is 1.04 bits per heavy atom. The van der Waals surface area contributed by atoms with Crippen LogP contribution in [-0.4, -0.2) is 146 Å². The number of phenolic OH excluding ortho intramolecular Hbond substituents is 1. The minimum absolute atomic E-state index is 0.0386. The molecule has 5 aromatic rings. The molecule has 6 heterocycles. The van der Waals surface area contributed by atoms with Crippen LogP contribution in [0.5, 0.6) is 11.8 Å². The summed E-state index contributed by atoms with van der Waals surface area (Å²) in [5, 5.41) is 18.3. The predicted octanol–water partition coefficient (Wildman–Crippen LogP) is 7.07. The van der Waals surface area contributed by atoms with E-state index in [1.807, 2.05) is 31.1 Å². The van der Waals surface area contributed by atoms with Crippen molar-refractivity contribution in [3.8, 4) is 35.4 Å². The second-order valence-electron chi connectivity index (χ2n) is 22.3. The number of aromatic hydroxyl groups is 1. The molecule has 2 amide bonds. The fourth-order valence-electron chi connectivity index (χ4n) is 13.1. The van der Waals surface area contributed by atoms with Crippen molar-refractivity contribution in [2.24, 2.45) is 10.8 Å². The van der Waals surface area contributed by atoms with E-state index in [1.54, 1.807) is 13.2 Å². The first kappa shape index (κ1) is 50.4. The molecule has 75 heavy (non-hydrogen) atoms. The second-order valence-corrected chi connectivity index (χ2v) is 22.3. The average molecular weight is 1020 g/mol. The number of fused-ring (bicyclic) bond motifs is 4. The van der Waals surface area contributed by atoms with Gasteiger partial charge in [-0.2, -0.15) is 9.97 Å².